The Balaban J connectivity index is 1.86. The van der Waals surface area contributed by atoms with Crippen molar-refractivity contribution in [3.63, 3.8) is 0 Å². The Hall–Kier alpha value is -0.840. The van der Waals surface area contributed by atoms with Gasteiger partial charge in [-0.3, -0.25) is 14.1 Å². The van der Waals surface area contributed by atoms with Crippen molar-refractivity contribution in [2.45, 2.75) is 6.42 Å². The molecule has 1 aliphatic heterocycles. The van der Waals surface area contributed by atoms with Crippen LogP contribution in [0.2, 0.25) is 10.0 Å². The Bertz CT molecular complexity index is 470. The van der Waals surface area contributed by atoms with E-state index in [0.29, 0.717) is 22.3 Å². The maximum atomic E-state index is 12.5. The highest BCUT2D eigenvalue weighted by atomic mass is 35.5. The van der Waals surface area contributed by atoms with Crippen molar-refractivity contribution in [3.8, 4) is 0 Å². The first-order chi connectivity index (χ1) is 9.08. The van der Waals surface area contributed by atoms with Gasteiger partial charge in [-0.05, 0) is 31.2 Å². The Morgan fingerprint density at radius 1 is 1.42 bits per heavy atom. The van der Waals surface area contributed by atoms with E-state index < -0.39 is 0 Å². The summed E-state index contributed by atoms with van der Waals surface area (Å²) in [5, 5.41) is 3.60. The molecule has 1 aromatic carbocycles. The van der Waals surface area contributed by atoms with E-state index in [4.69, 9.17) is 23.2 Å². The van der Waals surface area contributed by atoms with Gasteiger partial charge < -0.3 is 5.32 Å². The number of anilines is 1. The topological polar surface area (TPSA) is 32.3 Å². The minimum Gasteiger partial charge on any atom is -0.325 e. The molecule has 2 rings (SSSR count). The molecule has 0 saturated carbocycles. The lowest BCUT2D eigenvalue weighted by Gasteiger charge is -2.15. The quantitative estimate of drug-likeness (QED) is 0.926. The van der Waals surface area contributed by atoms with E-state index in [1.165, 1.54) is 0 Å². The molecule has 1 N–H and O–H groups in total. The average Bonchev–Trinajstić information content (AvgIpc) is 2.81. The monoisotopic (exact) mass is 304 g/mol. The summed E-state index contributed by atoms with van der Waals surface area (Å²) in [5.41, 5.74) is 0.612. The van der Waals surface area contributed by atoms with Gasteiger partial charge >= 0.3 is 0 Å². The number of hydrogen-bond donors (Lipinski definition) is 1. The van der Waals surface area contributed by atoms with Crippen molar-refractivity contribution in [2.24, 2.45) is 5.92 Å². The Morgan fingerprint density at radius 3 is 2.84 bits per heavy atom. The molecule has 1 atom stereocenters. The van der Waals surface area contributed by atoms with E-state index in [2.05, 4.69) is 5.32 Å². The summed E-state index contributed by atoms with van der Waals surface area (Å²) in [6.07, 6.45) is 0.816. The maximum Gasteiger partial charge on any atom is 0.238 e. The molecule has 1 heterocycles. The van der Waals surface area contributed by atoms with Gasteiger partial charge in [-0.1, -0.05) is 23.2 Å². The first-order valence-corrected chi connectivity index (χ1v) is 6.87. The third-order valence-corrected chi connectivity index (χ3v) is 3.90. The van der Waals surface area contributed by atoms with Gasteiger partial charge in [0.15, 0.2) is 0 Å². The van der Waals surface area contributed by atoms with Gasteiger partial charge in [-0.15, -0.1) is 0 Å². The van der Waals surface area contributed by atoms with E-state index in [1.54, 1.807) is 18.2 Å². The molecule has 1 aliphatic rings. The predicted molar refractivity (Wildman–Crippen MR) is 75.6 cm³/mol. The SMILES string of the molecule is O=C(CN1CCC(CF)C1)Nc1ccc(Cl)c(Cl)c1. The second-order valence-corrected chi connectivity index (χ2v) is 5.54. The molecular formula is C13H15Cl2FN2O. The normalized spacial score (nSPS) is 19.6. The molecule has 0 spiro atoms. The second-order valence-electron chi connectivity index (χ2n) is 4.72. The minimum absolute atomic E-state index is 0.0674. The first-order valence-electron chi connectivity index (χ1n) is 6.11. The van der Waals surface area contributed by atoms with Crippen molar-refractivity contribution >= 4 is 34.8 Å². The van der Waals surface area contributed by atoms with Crippen LogP contribution >= 0.6 is 23.2 Å². The number of benzene rings is 1. The predicted octanol–water partition coefficient (Wildman–Crippen LogP) is 3.22. The number of carbonyl (C=O) groups is 1. The van der Waals surface area contributed by atoms with Crippen LogP contribution in [0.4, 0.5) is 10.1 Å². The third kappa shape index (κ3) is 4.06. The summed E-state index contributed by atoms with van der Waals surface area (Å²) >= 11 is 11.7. The average molecular weight is 305 g/mol. The van der Waals surface area contributed by atoms with Crippen molar-refractivity contribution < 1.29 is 9.18 Å². The van der Waals surface area contributed by atoms with E-state index in [9.17, 15) is 9.18 Å². The van der Waals surface area contributed by atoms with Crippen LogP contribution in [0.3, 0.4) is 0 Å². The smallest absolute Gasteiger partial charge is 0.238 e. The van der Waals surface area contributed by atoms with Crippen LogP contribution in [0.1, 0.15) is 6.42 Å². The zero-order valence-corrected chi connectivity index (χ0v) is 11.8. The lowest BCUT2D eigenvalue weighted by atomic mass is 10.1. The number of halogens is 3. The van der Waals surface area contributed by atoms with Crippen LogP contribution in [-0.4, -0.2) is 37.1 Å². The van der Waals surface area contributed by atoms with Crippen LogP contribution in [-0.2, 0) is 4.79 Å². The summed E-state index contributed by atoms with van der Waals surface area (Å²) in [6.45, 7) is 1.37. The van der Waals surface area contributed by atoms with Gasteiger partial charge in [0, 0.05) is 18.2 Å². The molecular weight excluding hydrogens is 290 g/mol. The number of hydrogen-bond acceptors (Lipinski definition) is 2. The van der Waals surface area contributed by atoms with Gasteiger partial charge in [0.1, 0.15) is 0 Å². The van der Waals surface area contributed by atoms with Crippen LogP contribution < -0.4 is 5.32 Å². The van der Waals surface area contributed by atoms with Gasteiger partial charge in [0.2, 0.25) is 5.91 Å². The molecule has 0 radical (unpaired) electrons. The summed E-state index contributed by atoms with van der Waals surface area (Å²) in [7, 11) is 0. The molecule has 0 aromatic heterocycles. The van der Waals surface area contributed by atoms with Gasteiger partial charge in [0.05, 0.1) is 23.3 Å². The Kier molecular flexibility index (Phi) is 5.02. The van der Waals surface area contributed by atoms with Crippen molar-refractivity contribution in [1.82, 2.24) is 4.90 Å². The molecule has 104 valence electrons. The highest BCUT2D eigenvalue weighted by Gasteiger charge is 2.23. The number of carbonyl (C=O) groups excluding carboxylic acids is 1. The standard InChI is InChI=1S/C13H15Cl2FN2O/c14-11-2-1-10(5-12(11)15)17-13(19)8-18-4-3-9(6-16)7-18/h1-2,5,9H,3-4,6-8H2,(H,17,19). The maximum absolute atomic E-state index is 12.5. The fraction of sp³-hybridized carbons (Fsp3) is 0.462. The second kappa shape index (κ2) is 6.55. The van der Waals surface area contributed by atoms with Crippen LogP contribution in [0, 0.1) is 5.92 Å². The van der Waals surface area contributed by atoms with Crippen LogP contribution in [0.25, 0.3) is 0 Å². The Labute approximate surface area is 121 Å². The highest BCUT2D eigenvalue weighted by Crippen LogP contribution is 2.25. The van der Waals surface area contributed by atoms with Gasteiger partial charge in [0.25, 0.3) is 0 Å². The molecule has 0 aliphatic carbocycles. The highest BCUT2D eigenvalue weighted by molar-refractivity contribution is 6.42. The Morgan fingerprint density at radius 2 is 2.21 bits per heavy atom. The van der Waals surface area contributed by atoms with Gasteiger partial charge in [-0.2, -0.15) is 0 Å². The van der Waals surface area contributed by atoms with Crippen molar-refractivity contribution in [2.75, 3.05) is 31.6 Å². The summed E-state index contributed by atoms with van der Waals surface area (Å²) < 4.78 is 12.5. The molecule has 1 saturated heterocycles. The number of nitrogens with one attached hydrogen (secondary N) is 1. The fourth-order valence-corrected chi connectivity index (χ4v) is 2.46. The van der Waals surface area contributed by atoms with E-state index >= 15 is 0 Å². The summed E-state index contributed by atoms with van der Waals surface area (Å²) in [5.74, 6) is -0.0596. The van der Waals surface area contributed by atoms with Crippen LogP contribution in [0.15, 0.2) is 18.2 Å². The third-order valence-electron chi connectivity index (χ3n) is 3.16. The largest absolute Gasteiger partial charge is 0.325 e. The number of alkyl halides is 1. The lowest BCUT2D eigenvalue weighted by molar-refractivity contribution is -0.117. The molecule has 1 unspecified atom stereocenters. The number of rotatable bonds is 4. The van der Waals surface area contributed by atoms with Crippen LogP contribution in [0.5, 0.6) is 0 Å². The number of likely N-dealkylation sites (tertiary alicyclic amines) is 1. The molecule has 19 heavy (non-hydrogen) atoms. The van der Waals surface area contributed by atoms with E-state index in [1.807, 2.05) is 4.90 Å². The lowest BCUT2D eigenvalue weighted by Crippen LogP contribution is -2.31. The molecule has 6 heteroatoms. The number of nitrogens with zero attached hydrogens (tertiary/aromatic N) is 1. The molecule has 3 nitrogen and oxygen atoms in total. The van der Waals surface area contributed by atoms with E-state index in [-0.39, 0.29) is 25.0 Å². The zero-order valence-electron chi connectivity index (χ0n) is 10.3. The molecule has 1 amide bonds. The zero-order chi connectivity index (χ0) is 13.8. The fourth-order valence-electron chi connectivity index (χ4n) is 2.16. The molecule has 1 aromatic rings. The van der Waals surface area contributed by atoms with Gasteiger partial charge in [-0.25, -0.2) is 0 Å². The number of amides is 1. The van der Waals surface area contributed by atoms with E-state index in [0.717, 1.165) is 13.0 Å². The summed E-state index contributed by atoms with van der Waals surface area (Å²) in [4.78, 5) is 13.8. The van der Waals surface area contributed by atoms with Crippen molar-refractivity contribution in [3.05, 3.63) is 28.2 Å². The summed E-state index contributed by atoms with van der Waals surface area (Å²) in [6, 6.07) is 4.94. The molecule has 1 fully saturated rings. The van der Waals surface area contributed by atoms with Crippen molar-refractivity contribution in [1.29, 1.82) is 0 Å². The molecule has 0 bridgehead atoms. The minimum atomic E-state index is -0.315. The first kappa shape index (κ1) is 14.6.